The number of thioether (sulfide) groups is 1. The van der Waals surface area contributed by atoms with Crippen LogP contribution in [0.1, 0.15) is 12.5 Å². The van der Waals surface area contributed by atoms with Crippen molar-refractivity contribution >= 4 is 44.9 Å². The number of aryl methyl sites for hydroxylation is 1. The van der Waals surface area contributed by atoms with E-state index in [2.05, 4.69) is 16.4 Å². The average Bonchev–Trinajstić information content (AvgIpc) is 2.89. The van der Waals surface area contributed by atoms with E-state index in [1.54, 1.807) is 11.3 Å². The van der Waals surface area contributed by atoms with Crippen molar-refractivity contribution < 1.29 is 4.79 Å². The minimum Gasteiger partial charge on any atom is -0.325 e. The third-order valence-corrected chi connectivity index (χ3v) is 5.44. The Morgan fingerprint density at radius 3 is 2.82 bits per heavy atom. The number of thiazole rings is 1. The number of hydrogen-bond acceptors (Lipinski definition) is 4. The summed E-state index contributed by atoms with van der Waals surface area (Å²) in [5.41, 5.74) is 2.95. The summed E-state index contributed by atoms with van der Waals surface area (Å²) in [7, 11) is 0. The lowest BCUT2D eigenvalue weighted by molar-refractivity contribution is -0.115. The predicted molar refractivity (Wildman–Crippen MR) is 94.7 cm³/mol. The highest BCUT2D eigenvalue weighted by atomic mass is 32.2. The highest BCUT2D eigenvalue weighted by molar-refractivity contribution is 8.02. The van der Waals surface area contributed by atoms with Crippen LogP contribution in [0.25, 0.3) is 10.2 Å². The third-order valence-electron chi connectivity index (χ3n) is 3.21. The first-order valence-electron chi connectivity index (χ1n) is 7.01. The van der Waals surface area contributed by atoms with E-state index < -0.39 is 0 Å². The number of carbonyl (C=O) groups is 1. The molecule has 0 fully saturated rings. The third kappa shape index (κ3) is 3.48. The van der Waals surface area contributed by atoms with Crippen LogP contribution in [-0.2, 0) is 4.79 Å². The van der Waals surface area contributed by atoms with E-state index in [1.807, 2.05) is 56.3 Å². The minimum atomic E-state index is -0.193. The van der Waals surface area contributed by atoms with E-state index in [4.69, 9.17) is 0 Å². The first-order chi connectivity index (χ1) is 10.6. The van der Waals surface area contributed by atoms with Crippen molar-refractivity contribution in [2.24, 2.45) is 0 Å². The summed E-state index contributed by atoms with van der Waals surface area (Å²) in [6.07, 6.45) is 0. The van der Waals surface area contributed by atoms with Crippen LogP contribution >= 0.6 is 23.1 Å². The topological polar surface area (TPSA) is 42.0 Å². The van der Waals surface area contributed by atoms with Crippen LogP contribution in [0.3, 0.4) is 0 Å². The second-order valence-corrected chi connectivity index (χ2v) is 7.68. The number of fused-ring (bicyclic) bond motifs is 1. The Hall–Kier alpha value is -1.85. The smallest absolute Gasteiger partial charge is 0.237 e. The predicted octanol–water partition coefficient (Wildman–Crippen LogP) is 4.72. The SMILES string of the molecule is Cc1cccc(NC(=O)[C@@H](C)Sc2nc3ccccc3s2)c1. The Morgan fingerprint density at radius 1 is 1.23 bits per heavy atom. The van der Waals surface area contributed by atoms with Gasteiger partial charge < -0.3 is 5.32 Å². The molecule has 1 N–H and O–H groups in total. The van der Waals surface area contributed by atoms with Gasteiger partial charge in [0.05, 0.1) is 15.5 Å². The van der Waals surface area contributed by atoms with Crippen LogP contribution < -0.4 is 5.32 Å². The Kier molecular flexibility index (Phi) is 4.45. The Bertz CT molecular complexity index is 780. The molecule has 3 nitrogen and oxygen atoms in total. The van der Waals surface area contributed by atoms with Crippen LogP contribution in [-0.4, -0.2) is 16.1 Å². The number of benzene rings is 2. The lowest BCUT2D eigenvalue weighted by Gasteiger charge is -2.10. The fourth-order valence-corrected chi connectivity index (χ4v) is 4.28. The maximum Gasteiger partial charge on any atom is 0.237 e. The van der Waals surface area contributed by atoms with E-state index in [0.29, 0.717) is 0 Å². The zero-order valence-electron chi connectivity index (χ0n) is 12.4. The van der Waals surface area contributed by atoms with Gasteiger partial charge in [-0.1, -0.05) is 36.0 Å². The van der Waals surface area contributed by atoms with Gasteiger partial charge >= 0.3 is 0 Å². The summed E-state index contributed by atoms with van der Waals surface area (Å²) >= 11 is 3.12. The standard InChI is InChI=1S/C17H16N2OS2/c1-11-6-5-7-13(10-11)18-16(20)12(2)21-17-19-14-8-3-4-9-15(14)22-17/h3-10,12H,1-2H3,(H,18,20)/t12-/m1/s1. The lowest BCUT2D eigenvalue weighted by atomic mass is 10.2. The van der Waals surface area contributed by atoms with Crippen molar-refractivity contribution in [3.63, 3.8) is 0 Å². The largest absolute Gasteiger partial charge is 0.325 e. The monoisotopic (exact) mass is 328 g/mol. The van der Waals surface area contributed by atoms with Crippen molar-refractivity contribution in [2.45, 2.75) is 23.4 Å². The van der Waals surface area contributed by atoms with Crippen LogP contribution in [0, 0.1) is 6.92 Å². The molecule has 0 aliphatic heterocycles. The van der Waals surface area contributed by atoms with Crippen molar-refractivity contribution in [2.75, 3.05) is 5.32 Å². The number of nitrogens with one attached hydrogen (secondary N) is 1. The first kappa shape index (κ1) is 15.1. The first-order valence-corrected chi connectivity index (χ1v) is 8.71. The molecule has 0 saturated heterocycles. The second-order valence-electron chi connectivity index (χ2n) is 5.07. The van der Waals surface area contributed by atoms with Crippen LogP contribution in [0.15, 0.2) is 52.9 Å². The average molecular weight is 328 g/mol. The molecule has 0 unspecified atom stereocenters. The maximum absolute atomic E-state index is 12.3. The highest BCUT2D eigenvalue weighted by Crippen LogP contribution is 2.32. The number of hydrogen-bond donors (Lipinski definition) is 1. The molecule has 3 rings (SSSR count). The van der Waals surface area contributed by atoms with E-state index in [1.165, 1.54) is 11.8 Å². The fourth-order valence-electron chi connectivity index (χ4n) is 2.07. The molecule has 2 aromatic carbocycles. The van der Waals surface area contributed by atoms with Gasteiger partial charge in [-0.15, -0.1) is 11.3 Å². The zero-order valence-corrected chi connectivity index (χ0v) is 14.0. The molecule has 0 spiro atoms. The van der Waals surface area contributed by atoms with E-state index >= 15 is 0 Å². The van der Waals surface area contributed by atoms with Gasteiger partial charge in [-0.25, -0.2) is 4.98 Å². The van der Waals surface area contributed by atoms with Gasteiger partial charge in [0, 0.05) is 5.69 Å². The molecular formula is C17H16N2OS2. The number of anilines is 1. The molecule has 0 bridgehead atoms. The second kappa shape index (κ2) is 6.50. The molecule has 0 saturated carbocycles. The molecular weight excluding hydrogens is 312 g/mol. The fraction of sp³-hybridized carbons (Fsp3) is 0.176. The minimum absolute atomic E-state index is 0.00476. The molecule has 0 radical (unpaired) electrons. The summed E-state index contributed by atoms with van der Waals surface area (Å²) in [6, 6.07) is 15.8. The number of amides is 1. The van der Waals surface area contributed by atoms with E-state index in [0.717, 1.165) is 25.8 Å². The lowest BCUT2D eigenvalue weighted by Crippen LogP contribution is -2.22. The number of rotatable bonds is 4. The van der Waals surface area contributed by atoms with Gasteiger partial charge in [-0.2, -0.15) is 0 Å². The summed E-state index contributed by atoms with van der Waals surface area (Å²) in [5, 5.41) is 2.76. The van der Waals surface area contributed by atoms with Gasteiger partial charge in [-0.05, 0) is 43.7 Å². The van der Waals surface area contributed by atoms with Crippen LogP contribution in [0.5, 0.6) is 0 Å². The molecule has 1 atom stereocenters. The van der Waals surface area contributed by atoms with E-state index in [9.17, 15) is 4.79 Å². The summed E-state index contributed by atoms with van der Waals surface area (Å²) < 4.78 is 2.07. The van der Waals surface area contributed by atoms with Crippen molar-refractivity contribution in [3.8, 4) is 0 Å². The normalized spacial score (nSPS) is 12.3. The van der Waals surface area contributed by atoms with Gasteiger partial charge in [-0.3, -0.25) is 4.79 Å². The molecule has 112 valence electrons. The summed E-state index contributed by atoms with van der Waals surface area (Å²) in [6.45, 7) is 3.91. The molecule has 1 aromatic heterocycles. The highest BCUT2D eigenvalue weighted by Gasteiger charge is 2.17. The van der Waals surface area contributed by atoms with Gasteiger partial charge in [0.15, 0.2) is 4.34 Å². The number of nitrogens with zero attached hydrogens (tertiary/aromatic N) is 1. The molecule has 0 aliphatic carbocycles. The van der Waals surface area contributed by atoms with Crippen LogP contribution in [0.2, 0.25) is 0 Å². The van der Waals surface area contributed by atoms with Gasteiger partial charge in [0.1, 0.15) is 0 Å². The molecule has 1 amide bonds. The Balaban J connectivity index is 1.68. The van der Waals surface area contributed by atoms with Crippen molar-refractivity contribution in [1.82, 2.24) is 4.98 Å². The molecule has 0 aliphatic rings. The van der Waals surface area contributed by atoms with Crippen molar-refractivity contribution in [1.29, 1.82) is 0 Å². The number of aromatic nitrogens is 1. The van der Waals surface area contributed by atoms with Gasteiger partial charge in [0.25, 0.3) is 0 Å². The Morgan fingerprint density at radius 2 is 2.05 bits per heavy atom. The Labute approximate surface area is 137 Å². The number of para-hydroxylation sites is 1. The van der Waals surface area contributed by atoms with Crippen LogP contribution in [0.4, 0.5) is 5.69 Å². The molecule has 5 heteroatoms. The molecule has 22 heavy (non-hydrogen) atoms. The summed E-state index contributed by atoms with van der Waals surface area (Å²) in [5.74, 6) is -0.00476. The molecule has 1 heterocycles. The zero-order chi connectivity index (χ0) is 15.5. The van der Waals surface area contributed by atoms with E-state index in [-0.39, 0.29) is 11.2 Å². The van der Waals surface area contributed by atoms with Gasteiger partial charge in [0.2, 0.25) is 5.91 Å². The maximum atomic E-state index is 12.3. The molecule has 3 aromatic rings. The number of carbonyl (C=O) groups excluding carboxylic acids is 1. The van der Waals surface area contributed by atoms with Crippen molar-refractivity contribution in [3.05, 3.63) is 54.1 Å². The quantitative estimate of drug-likeness (QED) is 0.704. The summed E-state index contributed by atoms with van der Waals surface area (Å²) in [4.78, 5) is 16.8.